The van der Waals surface area contributed by atoms with Crippen LogP contribution in [0.25, 0.3) is 11.5 Å². The number of rotatable bonds is 7. The maximum Gasteiger partial charge on any atom is 0.234 e. The Morgan fingerprint density at radius 3 is 2.69 bits per heavy atom. The average Bonchev–Trinajstić information content (AvgIpc) is 3.05. The van der Waals surface area contributed by atoms with Crippen LogP contribution in [0.4, 0.5) is 5.69 Å². The fourth-order valence-electron chi connectivity index (χ4n) is 4.28. The van der Waals surface area contributed by atoms with Crippen LogP contribution < -0.4 is 15.4 Å². The molecular weight excluding hydrogens is 444 g/mol. The van der Waals surface area contributed by atoms with Gasteiger partial charge in [0.2, 0.25) is 17.7 Å². The Morgan fingerprint density at radius 1 is 1.11 bits per heavy atom. The summed E-state index contributed by atoms with van der Waals surface area (Å²) in [7, 11) is 0. The molecule has 0 saturated heterocycles. The molecule has 1 aromatic heterocycles. The number of amides is 2. The van der Waals surface area contributed by atoms with Crippen LogP contribution >= 0.6 is 0 Å². The second-order valence-corrected chi connectivity index (χ2v) is 9.16. The number of nitrogens with one attached hydrogen (secondary N) is 2. The molecule has 0 spiro atoms. The van der Waals surface area contributed by atoms with Crippen LogP contribution in [0, 0.1) is 12.8 Å². The lowest BCUT2D eigenvalue weighted by Gasteiger charge is -2.24. The van der Waals surface area contributed by atoms with E-state index in [4.69, 9.17) is 9.15 Å². The molecular formula is C27H30N4O4. The number of anilines is 1. The maximum absolute atomic E-state index is 12.6. The van der Waals surface area contributed by atoms with Gasteiger partial charge >= 0.3 is 0 Å². The van der Waals surface area contributed by atoms with Gasteiger partial charge in [-0.3, -0.25) is 14.5 Å². The molecule has 1 fully saturated rings. The molecule has 2 aromatic carbocycles. The Balaban J connectivity index is 1.15. The van der Waals surface area contributed by atoms with Crippen molar-refractivity contribution in [2.24, 2.45) is 5.92 Å². The predicted molar refractivity (Wildman–Crippen MR) is 132 cm³/mol. The van der Waals surface area contributed by atoms with Crippen molar-refractivity contribution < 1.29 is 18.7 Å². The summed E-state index contributed by atoms with van der Waals surface area (Å²) in [4.78, 5) is 31.4. The molecule has 1 aliphatic heterocycles. The molecule has 1 aliphatic carbocycles. The lowest BCUT2D eigenvalue weighted by Crippen LogP contribution is -2.37. The zero-order valence-electron chi connectivity index (χ0n) is 19.9. The monoisotopic (exact) mass is 474 g/mol. The summed E-state index contributed by atoms with van der Waals surface area (Å²) in [5.74, 6) is 2.20. The largest absolute Gasteiger partial charge is 0.492 e. The molecule has 35 heavy (non-hydrogen) atoms. The Hall–Kier alpha value is -3.65. The normalized spacial score (nSPS) is 15.9. The van der Waals surface area contributed by atoms with Gasteiger partial charge in [0.25, 0.3) is 0 Å². The number of fused-ring (bicyclic) bond motifs is 1. The number of oxazole rings is 1. The van der Waals surface area contributed by atoms with Crippen molar-refractivity contribution in [2.75, 3.05) is 25.0 Å². The van der Waals surface area contributed by atoms with Crippen LogP contribution in [0.5, 0.6) is 5.75 Å². The van der Waals surface area contributed by atoms with Crippen molar-refractivity contribution in [3.63, 3.8) is 0 Å². The number of aryl methyl sites for hydroxylation is 1. The van der Waals surface area contributed by atoms with Crippen molar-refractivity contribution in [1.29, 1.82) is 0 Å². The Kier molecular flexibility index (Phi) is 6.81. The summed E-state index contributed by atoms with van der Waals surface area (Å²) >= 11 is 0. The molecule has 2 N–H and O–H groups in total. The molecule has 1 saturated carbocycles. The summed E-state index contributed by atoms with van der Waals surface area (Å²) in [5.41, 5.74) is 3.36. The van der Waals surface area contributed by atoms with E-state index in [0.29, 0.717) is 43.6 Å². The van der Waals surface area contributed by atoms with E-state index in [9.17, 15) is 9.59 Å². The van der Waals surface area contributed by atoms with E-state index in [-0.39, 0.29) is 24.3 Å². The van der Waals surface area contributed by atoms with Gasteiger partial charge in [-0.1, -0.05) is 24.6 Å². The molecule has 8 nitrogen and oxygen atoms in total. The lowest BCUT2D eigenvalue weighted by atomic mass is 9.85. The van der Waals surface area contributed by atoms with E-state index < -0.39 is 0 Å². The van der Waals surface area contributed by atoms with Crippen LogP contribution in [-0.4, -0.2) is 41.4 Å². The highest BCUT2D eigenvalue weighted by Gasteiger charge is 2.25. The predicted octanol–water partition coefficient (Wildman–Crippen LogP) is 3.90. The van der Waals surface area contributed by atoms with Crippen LogP contribution in [0.15, 0.2) is 52.9 Å². The third kappa shape index (κ3) is 5.54. The van der Waals surface area contributed by atoms with Gasteiger partial charge in [-0.15, -0.1) is 0 Å². The minimum Gasteiger partial charge on any atom is -0.492 e. The topological polar surface area (TPSA) is 96.7 Å². The van der Waals surface area contributed by atoms with Gasteiger partial charge < -0.3 is 19.8 Å². The highest BCUT2D eigenvalue weighted by Crippen LogP contribution is 2.28. The van der Waals surface area contributed by atoms with Crippen LogP contribution in [0.2, 0.25) is 0 Å². The number of nitrogens with zero attached hydrogens (tertiary/aromatic N) is 2. The van der Waals surface area contributed by atoms with E-state index in [2.05, 4.69) is 20.5 Å². The van der Waals surface area contributed by atoms with Crippen molar-refractivity contribution in [1.82, 2.24) is 15.2 Å². The van der Waals surface area contributed by atoms with E-state index >= 15 is 0 Å². The molecule has 182 valence electrons. The van der Waals surface area contributed by atoms with Crippen molar-refractivity contribution >= 4 is 17.5 Å². The third-order valence-corrected chi connectivity index (χ3v) is 6.62. The minimum atomic E-state index is -0.0695. The first kappa shape index (κ1) is 23.1. The fourth-order valence-corrected chi connectivity index (χ4v) is 4.28. The molecule has 2 amide bonds. The lowest BCUT2D eigenvalue weighted by molar-refractivity contribution is -0.123. The quantitative estimate of drug-likeness (QED) is 0.539. The number of para-hydroxylation sites is 1. The SMILES string of the molecule is Cc1oc(-c2ccc(NC(=O)C3CCC3)cc2)nc1CNC(=O)CN1CCOc2ccccc2C1. The van der Waals surface area contributed by atoms with E-state index in [0.717, 1.165) is 41.8 Å². The molecule has 8 heteroatoms. The van der Waals surface area contributed by atoms with Crippen LogP contribution in [-0.2, 0) is 22.7 Å². The number of carbonyl (C=O) groups excluding carboxylic acids is 2. The average molecular weight is 475 g/mol. The Bertz CT molecular complexity index is 1200. The summed E-state index contributed by atoms with van der Waals surface area (Å²) in [6.45, 7) is 4.34. The zero-order valence-corrected chi connectivity index (χ0v) is 19.9. The highest BCUT2D eigenvalue weighted by atomic mass is 16.5. The van der Waals surface area contributed by atoms with E-state index in [1.165, 1.54) is 0 Å². The zero-order chi connectivity index (χ0) is 24.2. The van der Waals surface area contributed by atoms with Crippen molar-refractivity contribution in [2.45, 2.75) is 39.3 Å². The number of benzene rings is 2. The van der Waals surface area contributed by atoms with Gasteiger partial charge in [0.05, 0.1) is 13.1 Å². The van der Waals surface area contributed by atoms with E-state index in [1.54, 1.807) is 0 Å². The molecule has 2 heterocycles. The van der Waals surface area contributed by atoms with Crippen molar-refractivity contribution in [3.05, 3.63) is 65.5 Å². The maximum atomic E-state index is 12.6. The fraction of sp³-hybridized carbons (Fsp3) is 0.370. The van der Waals surface area contributed by atoms with Crippen LogP contribution in [0.1, 0.15) is 36.3 Å². The van der Waals surface area contributed by atoms with Gasteiger partial charge in [-0.2, -0.15) is 0 Å². The number of hydrogen-bond donors (Lipinski definition) is 2. The van der Waals surface area contributed by atoms with Crippen LogP contribution in [0.3, 0.4) is 0 Å². The van der Waals surface area contributed by atoms with Gasteiger partial charge in [0, 0.05) is 35.8 Å². The molecule has 3 aromatic rings. The molecule has 2 aliphatic rings. The Morgan fingerprint density at radius 2 is 1.91 bits per heavy atom. The summed E-state index contributed by atoms with van der Waals surface area (Å²) in [5, 5.41) is 5.92. The summed E-state index contributed by atoms with van der Waals surface area (Å²) < 4.78 is 11.6. The molecule has 0 unspecified atom stereocenters. The first-order valence-corrected chi connectivity index (χ1v) is 12.1. The van der Waals surface area contributed by atoms with Gasteiger partial charge in [0.15, 0.2) is 0 Å². The number of aromatic nitrogens is 1. The molecule has 0 bridgehead atoms. The molecule has 0 radical (unpaired) electrons. The van der Waals surface area contributed by atoms with Gasteiger partial charge in [-0.05, 0) is 50.1 Å². The number of carbonyl (C=O) groups is 2. The summed E-state index contributed by atoms with van der Waals surface area (Å²) in [6, 6.07) is 15.4. The Labute approximate surface area is 204 Å². The number of ether oxygens (including phenoxy) is 1. The van der Waals surface area contributed by atoms with Crippen molar-refractivity contribution in [3.8, 4) is 17.2 Å². The second kappa shape index (κ2) is 10.3. The van der Waals surface area contributed by atoms with Gasteiger partial charge in [0.1, 0.15) is 23.8 Å². The molecule has 0 atom stereocenters. The van der Waals surface area contributed by atoms with Gasteiger partial charge in [-0.25, -0.2) is 4.98 Å². The minimum absolute atomic E-state index is 0.0695. The molecule has 5 rings (SSSR count). The number of hydrogen-bond acceptors (Lipinski definition) is 6. The smallest absolute Gasteiger partial charge is 0.234 e. The third-order valence-electron chi connectivity index (χ3n) is 6.62. The standard InChI is InChI=1S/C27H30N4O4/c1-18-23(15-28-25(32)17-31-13-14-34-24-8-3-2-5-21(24)16-31)30-27(35-18)20-9-11-22(12-10-20)29-26(33)19-6-4-7-19/h2-3,5,8-12,19H,4,6-7,13-17H2,1H3,(H,28,32)(H,29,33). The summed E-state index contributed by atoms with van der Waals surface area (Å²) in [6.07, 6.45) is 3.07. The first-order valence-electron chi connectivity index (χ1n) is 12.1. The first-order chi connectivity index (χ1) is 17.0. The highest BCUT2D eigenvalue weighted by molar-refractivity contribution is 5.93. The second-order valence-electron chi connectivity index (χ2n) is 9.16. The van der Waals surface area contributed by atoms with E-state index in [1.807, 2.05) is 55.5 Å².